The van der Waals surface area contributed by atoms with Gasteiger partial charge in [-0.2, -0.15) is 0 Å². The molecular formula is C15H10N2O4. The van der Waals surface area contributed by atoms with E-state index in [9.17, 15) is 20.2 Å². The molecule has 0 saturated carbocycles. The van der Waals surface area contributed by atoms with Crippen molar-refractivity contribution in [2.75, 3.05) is 0 Å². The Morgan fingerprint density at radius 2 is 1.48 bits per heavy atom. The summed E-state index contributed by atoms with van der Waals surface area (Å²) >= 11 is 0. The number of fused-ring (bicyclic) bond motifs is 3. The molecular weight excluding hydrogens is 272 g/mol. The lowest BCUT2D eigenvalue weighted by Crippen LogP contribution is -2.00. The van der Waals surface area contributed by atoms with Crippen LogP contribution in [0.25, 0.3) is 21.5 Å². The molecule has 0 N–H and O–H groups in total. The quantitative estimate of drug-likeness (QED) is 0.402. The van der Waals surface area contributed by atoms with Crippen molar-refractivity contribution in [1.29, 1.82) is 0 Å². The van der Waals surface area contributed by atoms with E-state index in [1.165, 1.54) is 6.92 Å². The molecule has 0 radical (unpaired) electrons. The first-order valence-electron chi connectivity index (χ1n) is 6.24. The van der Waals surface area contributed by atoms with Gasteiger partial charge in [-0.3, -0.25) is 20.2 Å². The number of benzene rings is 3. The molecule has 0 bridgehead atoms. The van der Waals surface area contributed by atoms with Gasteiger partial charge in [-0.25, -0.2) is 0 Å². The van der Waals surface area contributed by atoms with Crippen LogP contribution in [0.4, 0.5) is 11.4 Å². The minimum absolute atomic E-state index is 0.288. The fraction of sp³-hybridized carbons (Fsp3) is 0.0667. The maximum absolute atomic E-state index is 11.3. The highest BCUT2D eigenvalue weighted by atomic mass is 16.6. The third-order valence-corrected chi connectivity index (χ3v) is 3.55. The Morgan fingerprint density at radius 1 is 0.810 bits per heavy atom. The molecule has 0 aliphatic rings. The maximum Gasteiger partial charge on any atom is 0.354 e. The second-order valence-electron chi connectivity index (χ2n) is 4.79. The fourth-order valence-corrected chi connectivity index (χ4v) is 2.67. The van der Waals surface area contributed by atoms with Crippen molar-refractivity contribution in [3.8, 4) is 0 Å². The zero-order valence-electron chi connectivity index (χ0n) is 11.1. The fourth-order valence-electron chi connectivity index (χ4n) is 2.67. The molecule has 6 nitrogen and oxygen atoms in total. The summed E-state index contributed by atoms with van der Waals surface area (Å²) in [5.74, 6) is 0. The number of hydrogen-bond acceptors (Lipinski definition) is 4. The van der Waals surface area contributed by atoms with Crippen molar-refractivity contribution in [3.63, 3.8) is 0 Å². The summed E-state index contributed by atoms with van der Waals surface area (Å²) in [5.41, 5.74) is -0.598. The first-order chi connectivity index (χ1) is 10.0. The normalized spacial score (nSPS) is 10.9. The molecule has 21 heavy (non-hydrogen) atoms. The molecule has 0 aliphatic carbocycles. The van der Waals surface area contributed by atoms with E-state index in [-0.39, 0.29) is 10.9 Å². The summed E-state index contributed by atoms with van der Waals surface area (Å²) in [4.78, 5) is 21.1. The molecule has 0 saturated heterocycles. The van der Waals surface area contributed by atoms with Gasteiger partial charge < -0.3 is 0 Å². The zero-order chi connectivity index (χ0) is 15.1. The Morgan fingerprint density at radius 3 is 2.14 bits per heavy atom. The van der Waals surface area contributed by atoms with Gasteiger partial charge in [-0.05, 0) is 35.2 Å². The molecule has 0 amide bonds. The minimum atomic E-state index is -0.692. The van der Waals surface area contributed by atoms with Crippen LogP contribution in [0.5, 0.6) is 0 Å². The van der Waals surface area contributed by atoms with Crippen molar-refractivity contribution in [1.82, 2.24) is 0 Å². The van der Waals surface area contributed by atoms with Gasteiger partial charge in [0.2, 0.25) is 0 Å². The van der Waals surface area contributed by atoms with Gasteiger partial charge in [0.25, 0.3) is 0 Å². The van der Waals surface area contributed by atoms with Crippen LogP contribution in [0.3, 0.4) is 0 Å². The van der Waals surface area contributed by atoms with E-state index in [1.54, 1.807) is 18.2 Å². The summed E-state index contributed by atoms with van der Waals surface area (Å²) in [6, 6.07) is 12.4. The van der Waals surface area contributed by atoms with E-state index >= 15 is 0 Å². The summed E-state index contributed by atoms with van der Waals surface area (Å²) < 4.78 is 0. The van der Waals surface area contributed by atoms with Crippen LogP contribution in [-0.4, -0.2) is 9.85 Å². The number of nitrogens with zero attached hydrogens (tertiary/aromatic N) is 2. The van der Waals surface area contributed by atoms with Crippen LogP contribution in [0, 0.1) is 27.2 Å². The molecule has 104 valence electrons. The number of nitro groups is 2. The van der Waals surface area contributed by atoms with Crippen LogP contribution in [-0.2, 0) is 0 Å². The predicted molar refractivity (Wildman–Crippen MR) is 79.5 cm³/mol. The second kappa shape index (κ2) is 4.52. The largest absolute Gasteiger partial charge is 0.354 e. The highest BCUT2D eigenvalue weighted by Crippen LogP contribution is 2.40. The van der Waals surface area contributed by atoms with E-state index in [0.29, 0.717) is 5.39 Å². The minimum Gasteiger partial charge on any atom is -0.258 e. The Bertz CT molecular complexity index is 918. The van der Waals surface area contributed by atoms with Crippen LogP contribution in [0.2, 0.25) is 0 Å². The first-order valence-corrected chi connectivity index (χ1v) is 6.24. The smallest absolute Gasteiger partial charge is 0.258 e. The summed E-state index contributed by atoms with van der Waals surface area (Å²) in [6.45, 7) is 1.52. The molecule has 0 atom stereocenters. The lowest BCUT2D eigenvalue weighted by molar-refractivity contribution is -0.421. The third-order valence-electron chi connectivity index (χ3n) is 3.55. The Hall–Kier alpha value is -3.02. The van der Waals surface area contributed by atoms with Crippen LogP contribution in [0.15, 0.2) is 42.5 Å². The van der Waals surface area contributed by atoms with Gasteiger partial charge in [-0.1, -0.05) is 30.3 Å². The van der Waals surface area contributed by atoms with Gasteiger partial charge in [0.1, 0.15) is 0 Å². The average molecular weight is 282 g/mol. The van der Waals surface area contributed by atoms with E-state index in [4.69, 9.17) is 0 Å². The molecule has 3 aromatic carbocycles. The Kier molecular flexibility index (Phi) is 2.79. The first kappa shape index (κ1) is 13.0. The van der Waals surface area contributed by atoms with Crippen LogP contribution < -0.4 is 0 Å². The van der Waals surface area contributed by atoms with Crippen molar-refractivity contribution >= 4 is 32.9 Å². The molecule has 3 aromatic rings. The van der Waals surface area contributed by atoms with Crippen molar-refractivity contribution in [2.45, 2.75) is 6.92 Å². The zero-order valence-corrected chi connectivity index (χ0v) is 11.1. The van der Waals surface area contributed by atoms with E-state index in [2.05, 4.69) is 0 Å². The molecule has 0 fully saturated rings. The van der Waals surface area contributed by atoms with Gasteiger partial charge >= 0.3 is 11.4 Å². The number of rotatable bonds is 2. The molecule has 0 aromatic heterocycles. The summed E-state index contributed by atoms with van der Waals surface area (Å²) in [7, 11) is 0. The second-order valence-corrected chi connectivity index (χ2v) is 4.79. The SMILES string of the molecule is Cc1cc2c(ccc3ccccc32)c([N+](=O)[O-])c1[N+](=O)[O-]. The molecule has 0 spiro atoms. The third kappa shape index (κ3) is 1.88. The van der Waals surface area contributed by atoms with E-state index in [0.717, 1.165) is 10.8 Å². The highest BCUT2D eigenvalue weighted by Gasteiger charge is 2.30. The lowest BCUT2D eigenvalue weighted by atomic mass is 9.97. The molecule has 0 heterocycles. The van der Waals surface area contributed by atoms with Gasteiger partial charge in [0.15, 0.2) is 0 Å². The lowest BCUT2D eigenvalue weighted by Gasteiger charge is -2.07. The maximum atomic E-state index is 11.3. The van der Waals surface area contributed by atoms with Gasteiger partial charge in [0, 0.05) is 5.56 Å². The number of nitro benzene ring substituents is 2. The molecule has 0 unspecified atom stereocenters. The van der Waals surface area contributed by atoms with Gasteiger partial charge in [-0.15, -0.1) is 0 Å². The number of hydrogen-bond donors (Lipinski definition) is 0. The van der Waals surface area contributed by atoms with Crippen molar-refractivity contribution in [3.05, 3.63) is 68.3 Å². The highest BCUT2D eigenvalue weighted by molar-refractivity contribution is 6.12. The Balaban J connectivity index is 2.59. The molecule has 6 heteroatoms. The summed E-state index contributed by atoms with van der Waals surface area (Å²) in [5, 5.41) is 25.2. The van der Waals surface area contributed by atoms with Crippen LogP contribution in [0.1, 0.15) is 5.56 Å². The van der Waals surface area contributed by atoms with Gasteiger partial charge in [0.05, 0.1) is 15.2 Å². The standard InChI is InChI=1S/C15H10N2O4/c1-9-8-13-11-5-3-2-4-10(11)6-7-12(13)15(17(20)21)14(9)16(18)19/h2-8H,1H3. The van der Waals surface area contributed by atoms with E-state index < -0.39 is 21.2 Å². The molecule has 0 aliphatic heterocycles. The Labute approximate surface area is 118 Å². The van der Waals surface area contributed by atoms with Crippen molar-refractivity contribution in [2.24, 2.45) is 0 Å². The predicted octanol–water partition coefficient (Wildman–Crippen LogP) is 4.12. The average Bonchev–Trinajstić information content (AvgIpc) is 2.45. The van der Waals surface area contributed by atoms with Crippen LogP contribution >= 0.6 is 0 Å². The van der Waals surface area contributed by atoms with Crippen molar-refractivity contribution < 1.29 is 9.85 Å². The number of aryl methyl sites for hydroxylation is 1. The van der Waals surface area contributed by atoms with E-state index in [1.807, 2.05) is 24.3 Å². The topological polar surface area (TPSA) is 86.3 Å². The molecule has 3 rings (SSSR count). The monoisotopic (exact) mass is 282 g/mol. The summed E-state index contributed by atoms with van der Waals surface area (Å²) in [6.07, 6.45) is 0.